The summed E-state index contributed by atoms with van der Waals surface area (Å²) in [5.74, 6) is 0. The van der Waals surface area contributed by atoms with E-state index in [-0.39, 0.29) is 0 Å². The van der Waals surface area contributed by atoms with E-state index in [1.165, 1.54) is 12.8 Å². The summed E-state index contributed by atoms with van der Waals surface area (Å²) in [5.41, 5.74) is 3.23. The van der Waals surface area contributed by atoms with Crippen LogP contribution in [0.5, 0.6) is 0 Å². The van der Waals surface area contributed by atoms with Crippen molar-refractivity contribution in [3.05, 3.63) is 28.5 Å². The molecule has 2 aromatic rings. The monoisotopic (exact) mass is 285 g/mol. The van der Waals surface area contributed by atoms with Crippen LogP contribution in [0.15, 0.2) is 18.2 Å². The first-order chi connectivity index (χ1) is 9.50. The summed E-state index contributed by atoms with van der Waals surface area (Å²) in [5, 5.41) is 9.08. The van der Waals surface area contributed by atoms with Crippen LogP contribution in [0.25, 0.3) is 11.0 Å². The molecule has 0 aliphatic heterocycles. The molecule has 1 N–H and O–H groups in total. The molecule has 104 valence electrons. The van der Waals surface area contributed by atoms with Gasteiger partial charge in [-0.2, -0.15) is 5.26 Å². The van der Waals surface area contributed by atoms with E-state index in [0.29, 0.717) is 17.0 Å². The third-order valence-electron chi connectivity index (χ3n) is 4.52. The highest BCUT2D eigenvalue weighted by Gasteiger charge is 2.28. The Morgan fingerprint density at radius 2 is 2.05 bits per heavy atom. The quantitative estimate of drug-likeness (QED) is 0.771. The molecule has 0 radical (unpaired) electrons. The highest BCUT2D eigenvalue weighted by atomic mass is 32.1. The summed E-state index contributed by atoms with van der Waals surface area (Å²) in [6, 6.07) is 8.40. The highest BCUT2D eigenvalue weighted by Crippen LogP contribution is 2.41. The Hall–Kier alpha value is -1.60. The molecule has 1 aliphatic carbocycles. The van der Waals surface area contributed by atoms with E-state index < -0.39 is 0 Å². The fourth-order valence-electron chi connectivity index (χ4n) is 3.20. The molecule has 1 aromatic carbocycles. The van der Waals surface area contributed by atoms with E-state index in [1.54, 1.807) is 0 Å². The van der Waals surface area contributed by atoms with Crippen molar-refractivity contribution >= 4 is 23.3 Å². The van der Waals surface area contributed by atoms with E-state index in [1.807, 2.05) is 18.2 Å². The Bertz CT molecular complexity index is 735. The summed E-state index contributed by atoms with van der Waals surface area (Å²) < 4.78 is 3.00. The first-order valence-corrected chi connectivity index (χ1v) is 7.55. The van der Waals surface area contributed by atoms with Crippen LogP contribution in [-0.4, -0.2) is 9.55 Å². The molecule has 0 spiro atoms. The minimum Gasteiger partial charge on any atom is -0.331 e. The normalized spacial score (nSPS) is 19.1. The molecular weight excluding hydrogens is 266 g/mol. The van der Waals surface area contributed by atoms with Crippen molar-refractivity contribution in [2.75, 3.05) is 0 Å². The van der Waals surface area contributed by atoms with Gasteiger partial charge in [-0.1, -0.05) is 13.8 Å². The molecule has 20 heavy (non-hydrogen) atoms. The molecule has 1 fully saturated rings. The number of rotatable bonds is 1. The van der Waals surface area contributed by atoms with Gasteiger partial charge in [0, 0.05) is 6.04 Å². The van der Waals surface area contributed by atoms with Gasteiger partial charge in [0.2, 0.25) is 0 Å². The molecule has 0 bridgehead atoms. The van der Waals surface area contributed by atoms with Gasteiger partial charge < -0.3 is 9.55 Å². The molecule has 1 heterocycles. The molecule has 1 aromatic heterocycles. The Labute approximate surface area is 124 Å². The lowest BCUT2D eigenvalue weighted by atomic mass is 9.75. The first kappa shape index (κ1) is 13.4. The van der Waals surface area contributed by atoms with Crippen molar-refractivity contribution in [2.24, 2.45) is 5.41 Å². The van der Waals surface area contributed by atoms with E-state index in [9.17, 15) is 0 Å². The topological polar surface area (TPSA) is 44.5 Å². The maximum absolute atomic E-state index is 9.08. The van der Waals surface area contributed by atoms with Crippen LogP contribution in [0.2, 0.25) is 0 Å². The lowest BCUT2D eigenvalue weighted by molar-refractivity contribution is 0.195. The second-order valence-corrected chi connectivity index (χ2v) is 6.93. The minimum absolute atomic E-state index is 0.447. The number of benzene rings is 1. The third-order valence-corrected chi connectivity index (χ3v) is 4.82. The maximum Gasteiger partial charge on any atom is 0.178 e. The zero-order valence-corrected chi connectivity index (χ0v) is 12.8. The van der Waals surface area contributed by atoms with Gasteiger partial charge in [-0.15, -0.1) is 0 Å². The van der Waals surface area contributed by atoms with Gasteiger partial charge in [-0.25, -0.2) is 0 Å². The fourth-order valence-corrected chi connectivity index (χ4v) is 3.55. The largest absolute Gasteiger partial charge is 0.331 e. The molecule has 0 unspecified atom stereocenters. The van der Waals surface area contributed by atoms with Crippen LogP contribution in [0.1, 0.15) is 51.1 Å². The van der Waals surface area contributed by atoms with Crippen molar-refractivity contribution < 1.29 is 0 Å². The van der Waals surface area contributed by atoms with Crippen molar-refractivity contribution in [3.63, 3.8) is 0 Å². The van der Waals surface area contributed by atoms with Crippen molar-refractivity contribution in [2.45, 2.75) is 45.6 Å². The van der Waals surface area contributed by atoms with Crippen molar-refractivity contribution in [1.29, 1.82) is 5.26 Å². The number of H-pyrrole nitrogens is 1. The molecule has 1 saturated carbocycles. The zero-order chi connectivity index (χ0) is 14.3. The Kier molecular flexibility index (Phi) is 3.18. The van der Waals surface area contributed by atoms with Crippen LogP contribution in [0, 0.1) is 21.5 Å². The highest BCUT2D eigenvalue weighted by molar-refractivity contribution is 7.71. The average molecular weight is 285 g/mol. The number of aromatic amines is 1. The van der Waals surface area contributed by atoms with Gasteiger partial charge in [0.05, 0.1) is 22.7 Å². The van der Waals surface area contributed by atoms with Gasteiger partial charge in [-0.3, -0.25) is 0 Å². The average Bonchev–Trinajstić information content (AvgIpc) is 2.74. The maximum atomic E-state index is 9.08. The van der Waals surface area contributed by atoms with E-state index in [0.717, 1.165) is 28.6 Å². The van der Waals surface area contributed by atoms with Crippen molar-refractivity contribution in [3.8, 4) is 6.07 Å². The molecular formula is C16H19N3S. The molecule has 3 nitrogen and oxygen atoms in total. The van der Waals surface area contributed by atoms with Crippen molar-refractivity contribution in [1.82, 2.24) is 9.55 Å². The summed E-state index contributed by atoms with van der Waals surface area (Å²) in [4.78, 5) is 3.26. The van der Waals surface area contributed by atoms with Crippen LogP contribution >= 0.6 is 12.2 Å². The number of hydrogen-bond acceptors (Lipinski definition) is 2. The van der Waals surface area contributed by atoms with Gasteiger partial charge in [0.15, 0.2) is 4.77 Å². The number of aromatic nitrogens is 2. The standard InChI is InChI=1S/C16H19N3S/c1-16(2)7-5-12(6-8-16)19-14-9-11(10-17)3-4-13(14)18-15(19)20/h3-4,9,12H,5-8H2,1-2H3,(H,18,20). The van der Waals surface area contributed by atoms with Crippen LogP contribution in [0.4, 0.5) is 0 Å². The van der Waals surface area contributed by atoms with Gasteiger partial charge in [0.1, 0.15) is 0 Å². The number of nitriles is 1. The second kappa shape index (κ2) is 4.75. The number of nitrogens with one attached hydrogen (secondary N) is 1. The molecule has 3 rings (SSSR count). The van der Waals surface area contributed by atoms with Crippen LogP contribution in [0.3, 0.4) is 0 Å². The zero-order valence-electron chi connectivity index (χ0n) is 11.9. The summed E-state index contributed by atoms with van der Waals surface area (Å²) in [6.07, 6.45) is 4.77. The summed E-state index contributed by atoms with van der Waals surface area (Å²) >= 11 is 5.49. The first-order valence-electron chi connectivity index (χ1n) is 7.14. The second-order valence-electron chi connectivity index (χ2n) is 6.54. The number of hydrogen-bond donors (Lipinski definition) is 1. The fraction of sp³-hybridized carbons (Fsp3) is 0.500. The van der Waals surface area contributed by atoms with E-state index in [2.05, 4.69) is 29.5 Å². The smallest absolute Gasteiger partial charge is 0.178 e. The molecule has 1 aliphatic rings. The molecule has 0 saturated heterocycles. The minimum atomic E-state index is 0.447. The van der Waals surface area contributed by atoms with Gasteiger partial charge >= 0.3 is 0 Å². The SMILES string of the molecule is CC1(C)CCC(n2c(=S)[nH]c3ccc(C#N)cc32)CC1. The predicted molar refractivity (Wildman–Crippen MR) is 83.1 cm³/mol. The summed E-state index contributed by atoms with van der Waals surface area (Å²) in [6.45, 7) is 4.68. The lowest BCUT2D eigenvalue weighted by Gasteiger charge is -2.35. The third kappa shape index (κ3) is 2.27. The van der Waals surface area contributed by atoms with E-state index >= 15 is 0 Å². The number of imidazole rings is 1. The van der Waals surface area contributed by atoms with Crippen LogP contribution in [-0.2, 0) is 0 Å². The molecule has 4 heteroatoms. The number of fused-ring (bicyclic) bond motifs is 1. The summed E-state index contributed by atoms with van der Waals surface area (Å²) in [7, 11) is 0. The lowest BCUT2D eigenvalue weighted by Crippen LogP contribution is -2.23. The Morgan fingerprint density at radius 1 is 1.35 bits per heavy atom. The molecule has 0 amide bonds. The van der Waals surface area contributed by atoms with Gasteiger partial charge in [0.25, 0.3) is 0 Å². The van der Waals surface area contributed by atoms with Crippen LogP contribution < -0.4 is 0 Å². The molecule has 0 atom stereocenters. The van der Waals surface area contributed by atoms with Gasteiger partial charge in [-0.05, 0) is 61.5 Å². The van der Waals surface area contributed by atoms with E-state index in [4.69, 9.17) is 17.5 Å². The Balaban J connectivity index is 2.05. The Morgan fingerprint density at radius 3 is 2.70 bits per heavy atom. The predicted octanol–water partition coefficient (Wildman–Crippen LogP) is 4.71. The number of nitrogens with zero attached hydrogens (tertiary/aromatic N) is 2.